The molecule has 5 rings (SSSR count). The molecule has 0 spiro atoms. The van der Waals surface area contributed by atoms with Gasteiger partial charge in [0.05, 0.1) is 10.5 Å². The zero-order valence-electron chi connectivity index (χ0n) is 15.8. The van der Waals surface area contributed by atoms with Gasteiger partial charge in [0.15, 0.2) is 11.3 Å². The molecule has 0 saturated carbocycles. The number of aromatic nitrogens is 4. The molecule has 0 aliphatic carbocycles. The lowest BCUT2D eigenvalue weighted by molar-refractivity contribution is 0.0671. The summed E-state index contributed by atoms with van der Waals surface area (Å²) < 4.78 is 2.44. The first-order chi connectivity index (χ1) is 14.1. The number of carbonyl (C=O) groups excluding carboxylic acids is 1. The van der Waals surface area contributed by atoms with E-state index in [4.69, 9.17) is 0 Å². The highest BCUT2D eigenvalue weighted by molar-refractivity contribution is 9.10. The summed E-state index contributed by atoms with van der Waals surface area (Å²) in [7, 11) is 0. The molecule has 6 nitrogen and oxygen atoms in total. The second kappa shape index (κ2) is 7.08. The smallest absolute Gasteiger partial charge is 0.274 e. The lowest BCUT2D eigenvalue weighted by Gasteiger charge is -2.35. The molecule has 7 heteroatoms. The minimum Gasteiger partial charge on any atom is -0.330 e. The van der Waals surface area contributed by atoms with Crippen LogP contribution >= 0.6 is 15.9 Å². The van der Waals surface area contributed by atoms with Gasteiger partial charge in [-0.1, -0.05) is 12.1 Å². The SMILES string of the molecule is CC1c2cc(-c3ccncc3)ccc2CCN1C(=O)c1cc2ncc(Br)cn2n1. The Balaban J connectivity index is 1.48. The third-order valence-corrected chi connectivity index (χ3v) is 5.87. The second-order valence-corrected chi connectivity index (χ2v) is 8.09. The topological polar surface area (TPSA) is 63.4 Å². The van der Waals surface area contributed by atoms with Gasteiger partial charge in [-0.05, 0) is 69.7 Å². The van der Waals surface area contributed by atoms with Crippen LogP contribution in [-0.4, -0.2) is 36.9 Å². The number of rotatable bonds is 2. The van der Waals surface area contributed by atoms with E-state index >= 15 is 0 Å². The standard InChI is InChI=1S/C22H18BrN5O/c1-14-19-10-17(15-4-7-24-8-5-15)3-2-16(19)6-9-27(14)22(29)20-11-21-25-12-18(23)13-28(21)26-20/h2-5,7-8,10-14H,6,9H2,1H3. The number of hydrogen-bond acceptors (Lipinski definition) is 4. The molecule has 1 aliphatic heterocycles. The second-order valence-electron chi connectivity index (χ2n) is 7.18. The van der Waals surface area contributed by atoms with Gasteiger partial charge in [-0.15, -0.1) is 0 Å². The van der Waals surface area contributed by atoms with E-state index in [1.54, 1.807) is 35.4 Å². The van der Waals surface area contributed by atoms with Crippen molar-refractivity contribution in [3.8, 4) is 11.1 Å². The zero-order valence-corrected chi connectivity index (χ0v) is 17.4. The van der Waals surface area contributed by atoms with Gasteiger partial charge in [0.2, 0.25) is 0 Å². The van der Waals surface area contributed by atoms with Gasteiger partial charge in [-0.2, -0.15) is 5.10 Å². The highest BCUT2D eigenvalue weighted by Crippen LogP contribution is 2.33. The molecule has 29 heavy (non-hydrogen) atoms. The molecule has 4 heterocycles. The monoisotopic (exact) mass is 447 g/mol. The van der Waals surface area contributed by atoms with Crippen LogP contribution in [0.15, 0.2) is 65.7 Å². The molecule has 1 aliphatic rings. The van der Waals surface area contributed by atoms with Crippen LogP contribution < -0.4 is 0 Å². The molecule has 0 saturated heterocycles. The molecule has 0 fully saturated rings. The Morgan fingerprint density at radius 3 is 2.79 bits per heavy atom. The van der Waals surface area contributed by atoms with Gasteiger partial charge in [-0.25, -0.2) is 9.50 Å². The van der Waals surface area contributed by atoms with E-state index in [-0.39, 0.29) is 11.9 Å². The molecule has 144 valence electrons. The van der Waals surface area contributed by atoms with Crippen LogP contribution in [0.5, 0.6) is 0 Å². The fraction of sp³-hybridized carbons (Fsp3) is 0.182. The van der Waals surface area contributed by atoms with Crippen molar-refractivity contribution in [1.29, 1.82) is 0 Å². The first kappa shape index (κ1) is 18.0. The quantitative estimate of drug-likeness (QED) is 0.459. The van der Waals surface area contributed by atoms with Crippen LogP contribution in [0.3, 0.4) is 0 Å². The van der Waals surface area contributed by atoms with Crippen LogP contribution in [0.1, 0.15) is 34.6 Å². The number of pyridine rings is 1. The largest absolute Gasteiger partial charge is 0.330 e. The maximum Gasteiger partial charge on any atom is 0.274 e. The number of carbonyl (C=O) groups is 1. The van der Waals surface area contributed by atoms with Crippen molar-refractivity contribution in [1.82, 2.24) is 24.5 Å². The fourth-order valence-corrected chi connectivity index (χ4v) is 4.22. The van der Waals surface area contributed by atoms with Gasteiger partial charge < -0.3 is 4.90 Å². The van der Waals surface area contributed by atoms with Crippen molar-refractivity contribution < 1.29 is 4.79 Å². The Hall–Kier alpha value is -3.06. The minimum atomic E-state index is -0.0703. The summed E-state index contributed by atoms with van der Waals surface area (Å²) >= 11 is 3.39. The van der Waals surface area contributed by atoms with Crippen LogP contribution in [0.2, 0.25) is 0 Å². The van der Waals surface area contributed by atoms with Crippen LogP contribution in [-0.2, 0) is 6.42 Å². The van der Waals surface area contributed by atoms with Crippen molar-refractivity contribution in [3.63, 3.8) is 0 Å². The van der Waals surface area contributed by atoms with E-state index in [1.165, 1.54) is 11.1 Å². The highest BCUT2D eigenvalue weighted by Gasteiger charge is 2.30. The van der Waals surface area contributed by atoms with Crippen molar-refractivity contribution in [3.05, 3.63) is 82.5 Å². The van der Waals surface area contributed by atoms with Crippen LogP contribution in [0.25, 0.3) is 16.8 Å². The van der Waals surface area contributed by atoms with Gasteiger partial charge >= 0.3 is 0 Å². The predicted molar refractivity (Wildman–Crippen MR) is 114 cm³/mol. The first-order valence-electron chi connectivity index (χ1n) is 9.45. The summed E-state index contributed by atoms with van der Waals surface area (Å²) in [6.45, 7) is 2.75. The number of fused-ring (bicyclic) bond motifs is 2. The summed E-state index contributed by atoms with van der Waals surface area (Å²) in [5, 5.41) is 4.43. The summed E-state index contributed by atoms with van der Waals surface area (Å²) in [5.41, 5.74) is 5.80. The van der Waals surface area contributed by atoms with Gasteiger partial charge in [0, 0.05) is 37.4 Å². The molecule has 1 amide bonds. The van der Waals surface area contributed by atoms with Gasteiger partial charge in [0.1, 0.15) is 0 Å². The summed E-state index contributed by atoms with van der Waals surface area (Å²) in [6.07, 6.45) is 7.92. The molecule has 0 bridgehead atoms. The molecular weight excluding hydrogens is 430 g/mol. The highest BCUT2D eigenvalue weighted by atomic mass is 79.9. The number of halogens is 1. The Morgan fingerprint density at radius 2 is 1.97 bits per heavy atom. The van der Waals surface area contributed by atoms with Crippen molar-refractivity contribution >= 4 is 27.5 Å². The van der Waals surface area contributed by atoms with E-state index in [1.807, 2.05) is 17.0 Å². The molecule has 4 aromatic rings. The van der Waals surface area contributed by atoms with Gasteiger partial charge in [-0.3, -0.25) is 9.78 Å². The number of hydrogen-bond donors (Lipinski definition) is 0. The van der Waals surface area contributed by atoms with Gasteiger partial charge in [0.25, 0.3) is 5.91 Å². The van der Waals surface area contributed by atoms with Crippen molar-refractivity contribution in [2.24, 2.45) is 0 Å². The lowest BCUT2D eigenvalue weighted by Crippen LogP contribution is -2.39. The summed E-state index contributed by atoms with van der Waals surface area (Å²) in [4.78, 5) is 23.5. The molecule has 1 atom stereocenters. The van der Waals surface area contributed by atoms with Crippen molar-refractivity contribution in [2.45, 2.75) is 19.4 Å². The molecule has 0 N–H and O–H groups in total. The Kier molecular flexibility index (Phi) is 4.39. The van der Waals surface area contributed by atoms with E-state index in [0.29, 0.717) is 17.9 Å². The molecule has 1 unspecified atom stereocenters. The van der Waals surface area contributed by atoms with E-state index in [2.05, 4.69) is 56.1 Å². The summed E-state index contributed by atoms with van der Waals surface area (Å²) in [6, 6.07) is 12.2. The van der Waals surface area contributed by atoms with E-state index in [9.17, 15) is 4.79 Å². The third kappa shape index (κ3) is 3.21. The average Bonchev–Trinajstić information content (AvgIpc) is 3.17. The Bertz CT molecular complexity index is 1220. The Morgan fingerprint density at radius 1 is 1.14 bits per heavy atom. The fourth-order valence-electron chi connectivity index (χ4n) is 3.92. The van der Waals surface area contributed by atoms with Crippen LogP contribution in [0, 0.1) is 0 Å². The first-order valence-corrected chi connectivity index (χ1v) is 10.2. The van der Waals surface area contributed by atoms with E-state index in [0.717, 1.165) is 22.0 Å². The zero-order chi connectivity index (χ0) is 20.0. The number of benzene rings is 1. The molecule has 3 aromatic heterocycles. The average molecular weight is 448 g/mol. The molecule has 0 radical (unpaired) electrons. The Labute approximate surface area is 176 Å². The van der Waals surface area contributed by atoms with Crippen molar-refractivity contribution in [2.75, 3.05) is 6.54 Å². The lowest BCUT2D eigenvalue weighted by atomic mass is 9.90. The molecular formula is C22H18BrN5O. The molecule has 1 aromatic carbocycles. The number of nitrogens with zero attached hydrogens (tertiary/aromatic N) is 5. The number of amides is 1. The minimum absolute atomic E-state index is 0.0301. The third-order valence-electron chi connectivity index (χ3n) is 5.46. The normalized spacial score (nSPS) is 16.1. The van der Waals surface area contributed by atoms with E-state index < -0.39 is 0 Å². The summed E-state index contributed by atoms with van der Waals surface area (Å²) in [5.74, 6) is -0.0703. The maximum atomic E-state index is 13.2. The predicted octanol–water partition coefficient (Wildman–Crippen LogP) is 4.31. The maximum absolute atomic E-state index is 13.2. The van der Waals surface area contributed by atoms with Crippen LogP contribution in [0.4, 0.5) is 0 Å².